The smallest absolute Gasteiger partial charge is 0.148 e. The SMILES string of the molecule is Cc1cn(CCC2CC2)nc1N. The lowest BCUT2D eigenvalue weighted by atomic mass is 10.3. The van der Waals surface area contributed by atoms with Crippen LogP contribution in [-0.4, -0.2) is 9.78 Å². The first-order valence-corrected chi connectivity index (χ1v) is 4.55. The van der Waals surface area contributed by atoms with Gasteiger partial charge in [-0.25, -0.2) is 0 Å². The van der Waals surface area contributed by atoms with E-state index in [0.717, 1.165) is 18.0 Å². The molecule has 0 saturated heterocycles. The molecule has 0 unspecified atom stereocenters. The highest BCUT2D eigenvalue weighted by atomic mass is 15.3. The first kappa shape index (κ1) is 7.65. The third-order valence-electron chi connectivity index (χ3n) is 2.45. The molecule has 0 aromatic carbocycles. The minimum atomic E-state index is 0.672. The molecule has 1 aromatic heterocycles. The molecule has 12 heavy (non-hydrogen) atoms. The zero-order valence-corrected chi connectivity index (χ0v) is 7.45. The summed E-state index contributed by atoms with van der Waals surface area (Å²) < 4.78 is 1.96. The van der Waals surface area contributed by atoms with Crippen LogP contribution in [0.5, 0.6) is 0 Å². The van der Waals surface area contributed by atoms with E-state index >= 15 is 0 Å². The van der Waals surface area contributed by atoms with E-state index in [4.69, 9.17) is 5.73 Å². The number of nitrogen functional groups attached to an aromatic ring is 1. The Hall–Kier alpha value is -0.990. The number of hydrogen-bond acceptors (Lipinski definition) is 2. The van der Waals surface area contributed by atoms with Crippen LogP contribution in [0.3, 0.4) is 0 Å². The van der Waals surface area contributed by atoms with Crippen molar-refractivity contribution in [2.75, 3.05) is 5.73 Å². The highest BCUT2D eigenvalue weighted by molar-refractivity contribution is 5.35. The number of rotatable bonds is 3. The predicted octanol–water partition coefficient (Wildman–Crippen LogP) is 1.57. The summed E-state index contributed by atoms with van der Waals surface area (Å²) in [4.78, 5) is 0. The molecule has 1 aliphatic carbocycles. The molecule has 0 atom stereocenters. The number of aryl methyl sites for hydroxylation is 2. The summed E-state index contributed by atoms with van der Waals surface area (Å²) in [5, 5.41) is 4.20. The Kier molecular flexibility index (Phi) is 1.79. The molecule has 3 heteroatoms. The fourth-order valence-electron chi connectivity index (χ4n) is 1.37. The van der Waals surface area contributed by atoms with Crippen molar-refractivity contribution >= 4 is 5.82 Å². The fraction of sp³-hybridized carbons (Fsp3) is 0.667. The molecule has 1 fully saturated rings. The number of hydrogen-bond donors (Lipinski definition) is 1. The van der Waals surface area contributed by atoms with Crippen molar-refractivity contribution in [1.29, 1.82) is 0 Å². The van der Waals surface area contributed by atoms with Crippen LogP contribution >= 0.6 is 0 Å². The summed E-state index contributed by atoms with van der Waals surface area (Å²) in [6, 6.07) is 0. The highest BCUT2D eigenvalue weighted by Crippen LogP contribution is 2.32. The molecular formula is C9H15N3. The minimum Gasteiger partial charge on any atom is -0.382 e. The van der Waals surface area contributed by atoms with Gasteiger partial charge < -0.3 is 5.73 Å². The Labute approximate surface area is 72.6 Å². The Morgan fingerprint density at radius 2 is 2.42 bits per heavy atom. The van der Waals surface area contributed by atoms with Gasteiger partial charge in [-0.2, -0.15) is 5.10 Å². The number of aromatic nitrogens is 2. The fourth-order valence-corrected chi connectivity index (χ4v) is 1.37. The van der Waals surface area contributed by atoms with Crippen LogP contribution in [0.15, 0.2) is 6.20 Å². The highest BCUT2D eigenvalue weighted by Gasteiger charge is 2.20. The second kappa shape index (κ2) is 2.81. The van der Waals surface area contributed by atoms with Gasteiger partial charge in [0.25, 0.3) is 0 Å². The number of nitrogens with two attached hydrogens (primary N) is 1. The van der Waals surface area contributed by atoms with Crippen molar-refractivity contribution in [2.24, 2.45) is 5.92 Å². The molecule has 3 nitrogen and oxygen atoms in total. The molecule has 1 saturated carbocycles. The summed E-state index contributed by atoms with van der Waals surface area (Å²) in [7, 11) is 0. The topological polar surface area (TPSA) is 43.8 Å². The van der Waals surface area contributed by atoms with Crippen molar-refractivity contribution in [2.45, 2.75) is 32.7 Å². The van der Waals surface area contributed by atoms with E-state index in [1.165, 1.54) is 19.3 Å². The van der Waals surface area contributed by atoms with Gasteiger partial charge in [-0.1, -0.05) is 12.8 Å². The van der Waals surface area contributed by atoms with Crippen LogP contribution < -0.4 is 5.73 Å². The first-order valence-electron chi connectivity index (χ1n) is 4.55. The summed E-state index contributed by atoms with van der Waals surface area (Å²) in [6.07, 6.45) is 6.11. The Morgan fingerprint density at radius 1 is 1.67 bits per heavy atom. The maximum atomic E-state index is 5.63. The van der Waals surface area contributed by atoms with E-state index in [0.29, 0.717) is 5.82 Å². The third kappa shape index (κ3) is 1.60. The average molecular weight is 165 g/mol. The zero-order valence-electron chi connectivity index (χ0n) is 7.45. The third-order valence-corrected chi connectivity index (χ3v) is 2.45. The first-order chi connectivity index (χ1) is 5.75. The van der Waals surface area contributed by atoms with E-state index in [1.54, 1.807) is 0 Å². The van der Waals surface area contributed by atoms with Crippen molar-refractivity contribution in [3.8, 4) is 0 Å². The summed E-state index contributed by atoms with van der Waals surface area (Å²) in [5.74, 6) is 1.64. The number of nitrogens with zero attached hydrogens (tertiary/aromatic N) is 2. The zero-order chi connectivity index (χ0) is 8.55. The van der Waals surface area contributed by atoms with Crippen molar-refractivity contribution in [3.63, 3.8) is 0 Å². The molecule has 0 aliphatic heterocycles. The van der Waals surface area contributed by atoms with Gasteiger partial charge in [-0.15, -0.1) is 0 Å². The standard InChI is InChI=1S/C9H15N3/c1-7-6-12(11-9(7)10)5-4-8-2-3-8/h6,8H,2-5H2,1H3,(H2,10,11). The molecule has 0 amide bonds. The molecule has 1 aromatic rings. The maximum Gasteiger partial charge on any atom is 0.148 e. The molecule has 0 spiro atoms. The quantitative estimate of drug-likeness (QED) is 0.738. The maximum absolute atomic E-state index is 5.63. The molecule has 66 valence electrons. The van der Waals surface area contributed by atoms with Crippen molar-refractivity contribution in [1.82, 2.24) is 9.78 Å². The molecule has 2 rings (SSSR count). The lowest BCUT2D eigenvalue weighted by molar-refractivity contribution is 0.548. The predicted molar refractivity (Wildman–Crippen MR) is 48.7 cm³/mol. The summed E-state index contributed by atoms with van der Waals surface area (Å²) >= 11 is 0. The molecule has 2 N–H and O–H groups in total. The summed E-state index contributed by atoms with van der Waals surface area (Å²) in [5.41, 5.74) is 6.72. The van der Waals surface area contributed by atoms with Crippen LogP contribution in [0.1, 0.15) is 24.8 Å². The van der Waals surface area contributed by atoms with Gasteiger partial charge in [0, 0.05) is 18.3 Å². The van der Waals surface area contributed by atoms with E-state index in [-0.39, 0.29) is 0 Å². The van der Waals surface area contributed by atoms with Gasteiger partial charge in [-0.3, -0.25) is 4.68 Å². The van der Waals surface area contributed by atoms with Crippen LogP contribution in [0.4, 0.5) is 5.82 Å². The van der Waals surface area contributed by atoms with Crippen LogP contribution in [-0.2, 0) is 6.54 Å². The van der Waals surface area contributed by atoms with E-state index in [1.807, 2.05) is 17.8 Å². The average Bonchev–Trinajstić information content (AvgIpc) is 2.78. The molecular weight excluding hydrogens is 150 g/mol. The second-order valence-corrected chi connectivity index (χ2v) is 3.69. The molecule has 0 radical (unpaired) electrons. The van der Waals surface area contributed by atoms with Crippen LogP contribution in [0.25, 0.3) is 0 Å². The van der Waals surface area contributed by atoms with Gasteiger partial charge in [0.15, 0.2) is 0 Å². The van der Waals surface area contributed by atoms with Crippen LogP contribution in [0.2, 0.25) is 0 Å². The lowest BCUT2D eigenvalue weighted by Crippen LogP contribution is -2.00. The van der Waals surface area contributed by atoms with Crippen molar-refractivity contribution in [3.05, 3.63) is 11.8 Å². The van der Waals surface area contributed by atoms with Gasteiger partial charge in [0.2, 0.25) is 0 Å². The van der Waals surface area contributed by atoms with E-state index < -0.39 is 0 Å². The lowest BCUT2D eigenvalue weighted by Gasteiger charge is -1.97. The van der Waals surface area contributed by atoms with E-state index in [9.17, 15) is 0 Å². The van der Waals surface area contributed by atoms with Gasteiger partial charge in [-0.05, 0) is 19.3 Å². The largest absolute Gasteiger partial charge is 0.382 e. The van der Waals surface area contributed by atoms with Crippen molar-refractivity contribution < 1.29 is 0 Å². The van der Waals surface area contributed by atoms with E-state index in [2.05, 4.69) is 5.10 Å². The van der Waals surface area contributed by atoms with Crippen LogP contribution in [0, 0.1) is 12.8 Å². The number of anilines is 1. The van der Waals surface area contributed by atoms with Gasteiger partial charge in [0.1, 0.15) is 5.82 Å². The van der Waals surface area contributed by atoms with Gasteiger partial charge >= 0.3 is 0 Å². The second-order valence-electron chi connectivity index (χ2n) is 3.69. The minimum absolute atomic E-state index is 0.672. The monoisotopic (exact) mass is 165 g/mol. The Morgan fingerprint density at radius 3 is 2.92 bits per heavy atom. The normalized spacial score (nSPS) is 16.8. The molecule has 1 heterocycles. The molecule has 0 bridgehead atoms. The summed E-state index contributed by atoms with van der Waals surface area (Å²) in [6.45, 7) is 3.03. The molecule has 1 aliphatic rings. The Bertz CT molecular complexity index is 254. The Balaban J connectivity index is 1.93. The van der Waals surface area contributed by atoms with Gasteiger partial charge in [0.05, 0.1) is 0 Å².